The minimum Gasteiger partial charge on any atom is -0.480 e. The van der Waals surface area contributed by atoms with E-state index in [1.807, 2.05) is 0 Å². The van der Waals surface area contributed by atoms with Gasteiger partial charge in [-0.15, -0.1) is 0 Å². The number of carboxylic acid groups (broad SMARTS) is 1. The first-order chi connectivity index (χ1) is 12.5. The minimum atomic E-state index is -1.35. The van der Waals surface area contributed by atoms with Crippen molar-refractivity contribution in [3.63, 3.8) is 0 Å². The molecule has 3 unspecified atom stereocenters. The summed E-state index contributed by atoms with van der Waals surface area (Å²) in [5, 5.41) is 16.2. The predicted molar refractivity (Wildman–Crippen MR) is 99.6 cm³/mol. The summed E-state index contributed by atoms with van der Waals surface area (Å²) >= 11 is 3.99. The van der Waals surface area contributed by atoms with E-state index in [9.17, 15) is 24.0 Å². The van der Waals surface area contributed by atoms with Gasteiger partial charge < -0.3 is 32.5 Å². The van der Waals surface area contributed by atoms with Crippen LogP contribution in [0.4, 0.5) is 0 Å². The van der Waals surface area contributed by atoms with Crippen molar-refractivity contribution in [2.75, 3.05) is 12.3 Å². The lowest BCUT2D eigenvalue weighted by Crippen LogP contribution is -2.58. The number of amides is 4. The highest BCUT2D eigenvalue weighted by Gasteiger charge is 2.30. The van der Waals surface area contributed by atoms with Crippen LogP contribution < -0.4 is 27.4 Å². The van der Waals surface area contributed by atoms with Crippen molar-refractivity contribution in [3.05, 3.63) is 0 Å². The zero-order valence-corrected chi connectivity index (χ0v) is 16.1. The number of carbonyl (C=O) groups excluding carboxylic acids is 4. The minimum absolute atomic E-state index is 0.116. The maximum atomic E-state index is 12.4. The molecule has 0 radical (unpaired) electrons. The second-order valence-corrected chi connectivity index (χ2v) is 6.51. The Morgan fingerprint density at radius 1 is 1.00 bits per heavy atom. The molecule has 0 bridgehead atoms. The Bertz CT molecular complexity index is 571. The first kappa shape index (κ1) is 24.7. The van der Waals surface area contributed by atoms with E-state index in [0.717, 1.165) is 0 Å². The molecule has 0 aliphatic carbocycles. The average molecular weight is 405 g/mol. The van der Waals surface area contributed by atoms with Gasteiger partial charge >= 0.3 is 5.97 Å². The molecule has 4 amide bonds. The molecule has 11 nitrogen and oxygen atoms in total. The summed E-state index contributed by atoms with van der Waals surface area (Å²) < 4.78 is 0. The smallest absolute Gasteiger partial charge is 0.326 e. The lowest BCUT2D eigenvalue weighted by Gasteiger charge is -2.25. The third kappa shape index (κ3) is 9.24. The quantitative estimate of drug-likeness (QED) is 0.172. The van der Waals surface area contributed by atoms with E-state index in [-0.39, 0.29) is 31.1 Å². The van der Waals surface area contributed by atoms with E-state index in [1.165, 1.54) is 0 Å². The highest BCUT2D eigenvalue weighted by atomic mass is 32.1. The van der Waals surface area contributed by atoms with Crippen LogP contribution in [0.25, 0.3) is 0 Å². The Morgan fingerprint density at radius 3 is 1.96 bits per heavy atom. The van der Waals surface area contributed by atoms with Crippen LogP contribution in [0.1, 0.15) is 26.7 Å². The first-order valence-corrected chi connectivity index (χ1v) is 8.88. The second kappa shape index (κ2) is 12.1. The molecule has 0 saturated carbocycles. The Morgan fingerprint density at radius 2 is 1.56 bits per heavy atom. The molecule has 154 valence electrons. The number of nitrogens with two attached hydrogens (primary N) is 2. The normalized spacial score (nSPS) is 14.0. The number of hydrogen-bond acceptors (Lipinski definition) is 7. The van der Waals surface area contributed by atoms with E-state index in [2.05, 4.69) is 28.6 Å². The number of aliphatic carboxylic acids is 1. The van der Waals surface area contributed by atoms with E-state index < -0.39 is 47.7 Å². The van der Waals surface area contributed by atoms with Crippen LogP contribution in [0.5, 0.6) is 0 Å². The lowest BCUT2D eigenvalue weighted by molar-refractivity contribution is -0.142. The van der Waals surface area contributed by atoms with Crippen molar-refractivity contribution >= 4 is 42.2 Å². The number of primary amides is 1. The SMILES string of the molecule is CC(C)C(NC(=O)CN)C(=O)NC(CS)C(=O)NC(CCC(N)=O)C(=O)O. The number of hydrogen-bond donors (Lipinski definition) is 7. The molecule has 0 aliphatic rings. The highest BCUT2D eigenvalue weighted by molar-refractivity contribution is 7.80. The third-order valence-electron chi connectivity index (χ3n) is 3.56. The van der Waals surface area contributed by atoms with Gasteiger partial charge in [-0.05, 0) is 12.3 Å². The molecule has 0 aromatic rings. The molecule has 0 saturated heterocycles. The molecule has 12 heteroatoms. The van der Waals surface area contributed by atoms with Crippen molar-refractivity contribution in [1.82, 2.24) is 16.0 Å². The third-order valence-corrected chi connectivity index (χ3v) is 3.93. The maximum Gasteiger partial charge on any atom is 0.326 e. The molecule has 0 aromatic heterocycles. The van der Waals surface area contributed by atoms with Gasteiger partial charge in [-0.1, -0.05) is 13.8 Å². The highest BCUT2D eigenvalue weighted by Crippen LogP contribution is 2.04. The Hall–Kier alpha value is -2.34. The standard InChI is InChI=1S/C15H27N5O6S/c1-7(2)12(20-11(22)5-16)14(24)19-9(6-27)13(23)18-8(15(25)26)3-4-10(17)21/h7-9,12,27H,3-6,16H2,1-2H3,(H2,17,21)(H,18,23)(H,19,24)(H,20,22)(H,25,26). The van der Waals surface area contributed by atoms with Gasteiger partial charge in [0.05, 0.1) is 6.54 Å². The number of carboxylic acids is 1. The predicted octanol–water partition coefficient (Wildman–Crippen LogP) is -2.66. The number of thiol groups is 1. The van der Waals surface area contributed by atoms with Crippen molar-refractivity contribution in [2.24, 2.45) is 17.4 Å². The fraction of sp³-hybridized carbons (Fsp3) is 0.667. The zero-order valence-electron chi connectivity index (χ0n) is 15.2. The zero-order chi connectivity index (χ0) is 21.1. The van der Waals surface area contributed by atoms with Gasteiger partial charge in [0.15, 0.2) is 0 Å². The molecule has 0 spiro atoms. The topological polar surface area (TPSA) is 194 Å². The Balaban J connectivity index is 5.03. The van der Waals surface area contributed by atoms with Crippen LogP contribution in [-0.4, -0.2) is 65.1 Å². The average Bonchev–Trinajstić information content (AvgIpc) is 2.59. The maximum absolute atomic E-state index is 12.4. The molecule has 0 fully saturated rings. The number of carbonyl (C=O) groups is 5. The van der Waals surface area contributed by atoms with Crippen molar-refractivity contribution in [2.45, 2.75) is 44.8 Å². The van der Waals surface area contributed by atoms with Crippen LogP contribution in [-0.2, 0) is 24.0 Å². The van der Waals surface area contributed by atoms with Gasteiger partial charge in [0, 0.05) is 12.2 Å². The molecule has 0 heterocycles. The molecule has 27 heavy (non-hydrogen) atoms. The molecular formula is C15H27N5O6S. The van der Waals surface area contributed by atoms with Crippen molar-refractivity contribution < 1.29 is 29.1 Å². The van der Waals surface area contributed by atoms with Crippen LogP contribution >= 0.6 is 12.6 Å². The van der Waals surface area contributed by atoms with E-state index in [0.29, 0.717) is 0 Å². The number of nitrogens with one attached hydrogen (secondary N) is 3. The van der Waals surface area contributed by atoms with Gasteiger partial charge in [-0.2, -0.15) is 12.6 Å². The van der Waals surface area contributed by atoms with E-state index in [1.54, 1.807) is 13.8 Å². The fourth-order valence-electron chi connectivity index (χ4n) is 2.04. The summed E-state index contributed by atoms with van der Waals surface area (Å²) in [5.74, 6) is -4.41. The first-order valence-electron chi connectivity index (χ1n) is 8.25. The monoisotopic (exact) mass is 405 g/mol. The molecule has 0 rings (SSSR count). The van der Waals surface area contributed by atoms with Crippen molar-refractivity contribution in [1.29, 1.82) is 0 Å². The van der Waals surface area contributed by atoms with Crippen LogP contribution in [0.15, 0.2) is 0 Å². The summed E-state index contributed by atoms with van der Waals surface area (Å²) in [6.45, 7) is 3.09. The summed E-state index contributed by atoms with van der Waals surface area (Å²) in [5.41, 5.74) is 10.2. The molecular weight excluding hydrogens is 378 g/mol. The summed E-state index contributed by atoms with van der Waals surface area (Å²) in [6, 6.07) is -3.42. The Kier molecular flexibility index (Phi) is 11.1. The molecule has 0 aromatic carbocycles. The molecule has 8 N–H and O–H groups in total. The van der Waals surface area contributed by atoms with E-state index in [4.69, 9.17) is 16.6 Å². The van der Waals surface area contributed by atoms with Crippen LogP contribution in [0.2, 0.25) is 0 Å². The second-order valence-electron chi connectivity index (χ2n) is 6.14. The summed E-state index contributed by atoms with van der Waals surface area (Å²) in [6.07, 6.45) is -0.416. The van der Waals surface area contributed by atoms with Gasteiger partial charge in [-0.3, -0.25) is 19.2 Å². The van der Waals surface area contributed by atoms with Gasteiger partial charge in [0.25, 0.3) is 0 Å². The van der Waals surface area contributed by atoms with Crippen molar-refractivity contribution in [3.8, 4) is 0 Å². The Labute approximate surface area is 162 Å². The number of rotatable bonds is 12. The summed E-state index contributed by atoms with van der Waals surface area (Å²) in [7, 11) is 0. The van der Waals surface area contributed by atoms with E-state index >= 15 is 0 Å². The summed E-state index contributed by atoms with van der Waals surface area (Å²) in [4.78, 5) is 58.1. The van der Waals surface area contributed by atoms with Crippen LogP contribution in [0, 0.1) is 5.92 Å². The van der Waals surface area contributed by atoms with Gasteiger partial charge in [-0.25, -0.2) is 4.79 Å². The van der Waals surface area contributed by atoms with Gasteiger partial charge in [0.2, 0.25) is 23.6 Å². The van der Waals surface area contributed by atoms with Gasteiger partial charge in [0.1, 0.15) is 18.1 Å². The molecule has 0 aliphatic heterocycles. The van der Waals surface area contributed by atoms with Crippen LogP contribution in [0.3, 0.4) is 0 Å². The largest absolute Gasteiger partial charge is 0.480 e. The molecule has 3 atom stereocenters. The lowest BCUT2D eigenvalue weighted by atomic mass is 10.0. The fourth-order valence-corrected chi connectivity index (χ4v) is 2.30.